The Morgan fingerprint density at radius 2 is 2.23 bits per heavy atom. The normalized spacial score (nSPS) is 11.0. The van der Waals surface area contributed by atoms with E-state index < -0.39 is 0 Å². The summed E-state index contributed by atoms with van der Waals surface area (Å²) in [7, 11) is 0. The summed E-state index contributed by atoms with van der Waals surface area (Å²) in [5.41, 5.74) is 1.29. The van der Waals surface area contributed by atoms with Crippen molar-refractivity contribution >= 4 is 49.5 Å². The topological polar surface area (TPSA) is 59.3 Å². The van der Waals surface area contributed by atoms with Crippen molar-refractivity contribution in [2.45, 2.75) is 19.9 Å². The van der Waals surface area contributed by atoms with Gasteiger partial charge < -0.3 is 5.32 Å². The van der Waals surface area contributed by atoms with Crippen molar-refractivity contribution < 1.29 is 0 Å². The second-order valence-electron chi connectivity index (χ2n) is 4.61. The van der Waals surface area contributed by atoms with Gasteiger partial charge >= 0.3 is 0 Å². The maximum absolute atomic E-state index is 12.1. The second-order valence-corrected chi connectivity index (χ2v) is 6.97. The predicted octanol–water partition coefficient (Wildman–Crippen LogP) is 3.74. The summed E-state index contributed by atoms with van der Waals surface area (Å²) in [5.74, 6) is 0. The van der Waals surface area contributed by atoms with E-state index in [2.05, 4.69) is 31.3 Å². The lowest BCUT2D eigenvalue weighted by Gasteiger charge is -2.08. The van der Waals surface area contributed by atoms with Crippen molar-refractivity contribution in [1.29, 1.82) is 0 Å². The number of nitrogens with zero attached hydrogens (tertiary/aromatic N) is 3. The Labute approximate surface area is 144 Å². The van der Waals surface area contributed by atoms with Crippen LogP contribution in [0, 0.1) is 0 Å². The molecule has 2 aromatic heterocycles. The van der Waals surface area contributed by atoms with E-state index >= 15 is 0 Å². The molecule has 0 aliphatic heterocycles. The number of nitrogens with one attached hydrogen (secondary N) is 1. The van der Waals surface area contributed by atoms with Gasteiger partial charge in [0, 0.05) is 10.5 Å². The Morgan fingerprint density at radius 1 is 1.41 bits per heavy atom. The molecule has 1 N–H and O–H groups in total. The number of benzene rings is 1. The maximum Gasteiger partial charge on any atom is 0.275 e. The summed E-state index contributed by atoms with van der Waals surface area (Å²) in [5, 5.41) is 8.92. The van der Waals surface area contributed by atoms with Crippen LogP contribution in [0.4, 0.5) is 5.69 Å². The van der Waals surface area contributed by atoms with Gasteiger partial charge in [-0.3, -0.25) is 4.79 Å². The van der Waals surface area contributed by atoms with Gasteiger partial charge in [0.05, 0.1) is 22.9 Å². The molecule has 22 heavy (non-hydrogen) atoms. The highest BCUT2D eigenvalue weighted by molar-refractivity contribution is 9.10. The number of halogens is 2. The number of aryl methyl sites for hydroxylation is 1. The van der Waals surface area contributed by atoms with Gasteiger partial charge in [-0.25, -0.2) is 4.98 Å². The van der Waals surface area contributed by atoms with Crippen LogP contribution in [0.15, 0.2) is 33.5 Å². The molecule has 0 bridgehead atoms. The minimum atomic E-state index is -0.167. The third-order valence-electron chi connectivity index (χ3n) is 3.03. The highest BCUT2D eigenvalue weighted by Gasteiger charge is 2.08. The molecule has 0 spiro atoms. The predicted molar refractivity (Wildman–Crippen MR) is 93.0 cm³/mol. The minimum absolute atomic E-state index is 0.167. The first kappa shape index (κ1) is 15.5. The minimum Gasteiger partial charge on any atom is -0.378 e. The molecule has 0 radical (unpaired) electrons. The van der Waals surface area contributed by atoms with Crippen LogP contribution in [0.1, 0.15) is 17.6 Å². The molecular weight excluding hydrogens is 388 g/mol. The number of rotatable bonds is 4. The molecule has 3 aromatic rings. The Kier molecular flexibility index (Phi) is 4.46. The fourth-order valence-electron chi connectivity index (χ4n) is 1.95. The number of anilines is 1. The Balaban J connectivity index is 1.86. The molecule has 114 valence electrons. The van der Waals surface area contributed by atoms with Crippen molar-refractivity contribution in [2.75, 3.05) is 5.32 Å². The molecular formula is C14H12BrClN4OS. The summed E-state index contributed by atoms with van der Waals surface area (Å²) in [6.45, 7) is 2.42. The van der Waals surface area contributed by atoms with Crippen LogP contribution in [-0.2, 0) is 13.0 Å². The van der Waals surface area contributed by atoms with Crippen molar-refractivity contribution in [3.8, 4) is 0 Å². The zero-order valence-corrected chi connectivity index (χ0v) is 14.8. The van der Waals surface area contributed by atoms with E-state index in [1.54, 1.807) is 0 Å². The average Bonchev–Trinajstić information content (AvgIpc) is 2.90. The first-order valence-corrected chi connectivity index (χ1v) is 8.63. The lowest BCUT2D eigenvalue weighted by Crippen LogP contribution is -2.16. The Morgan fingerprint density at radius 3 is 2.95 bits per heavy atom. The largest absolute Gasteiger partial charge is 0.378 e. The van der Waals surface area contributed by atoms with E-state index in [4.69, 9.17) is 11.6 Å². The highest BCUT2D eigenvalue weighted by Crippen LogP contribution is 2.25. The molecule has 0 fully saturated rings. The lowest BCUT2D eigenvalue weighted by molar-refractivity contribution is 0.846. The molecule has 8 heteroatoms. The second kappa shape index (κ2) is 6.36. The van der Waals surface area contributed by atoms with E-state index in [0.717, 1.165) is 21.6 Å². The molecule has 0 aliphatic rings. The van der Waals surface area contributed by atoms with Crippen molar-refractivity contribution in [3.63, 3.8) is 0 Å². The molecule has 2 heterocycles. The summed E-state index contributed by atoms with van der Waals surface area (Å²) in [4.78, 5) is 17.1. The smallest absolute Gasteiger partial charge is 0.275 e. The van der Waals surface area contributed by atoms with Gasteiger partial charge in [0.2, 0.25) is 4.96 Å². The maximum atomic E-state index is 12.1. The number of fused-ring (bicyclic) bond motifs is 1. The summed E-state index contributed by atoms with van der Waals surface area (Å²) in [6.07, 6.45) is 0.787. The summed E-state index contributed by atoms with van der Waals surface area (Å²) < 4.78 is 2.26. The molecule has 3 rings (SSSR count). The van der Waals surface area contributed by atoms with Crippen LogP contribution in [0.3, 0.4) is 0 Å². The molecule has 0 saturated heterocycles. The Hall–Kier alpha value is -1.44. The SMILES string of the molecule is CCc1nn2c(=O)cc(CNc3ccc(Br)cc3Cl)nc2s1. The van der Waals surface area contributed by atoms with Crippen LogP contribution in [0.25, 0.3) is 4.96 Å². The van der Waals surface area contributed by atoms with Crippen molar-refractivity contribution in [3.05, 3.63) is 54.8 Å². The Bertz CT molecular complexity index is 892. The average molecular weight is 400 g/mol. The van der Waals surface area contributed by atoms with E-state index in [-0.39, 0.29) is 5.56 Å². The van der Waals surface area contributed by atoms with Gasteiger partial charge in [0.15, 0.2) is 0 Å². The van der Waals surface area contributed by atoms with E-state index in [9.17, 15) is 4.79 Å². The van der Waals surface area contributed by atoms with Crippen LogP contribution in [0.2, 0.25) is 5.02 Å². The highest BCUT2D eigenvalue weighted by atomic mass is 79.9. The van der Waals surface area contributed by atoms with Crippen molar-refractivity contribution in [2.24, 2.45) is 0 Å². The quantitative estimate of drug-likeness (QED) is 0.726. The standard InChI is InChI=1S/C14H12BrClN4OS/c1-2-12-19-20-13(21)6-9(18-14(20)22-12)7-17-11-4-3-8(15)5-10(11)16/h3-6,17H,2,7H2,1H3. The summed E-state index contributed by atoms with van der Waals surface area (Å²) >= 11 is 11.0. The van der Waals surface area contributed by atoms with Crippen LogP contribution >= 0.6 is 38.9 Å². The third-order valence-corrected chi connectivity index (χ3v) is 4.89. The van der Waals surface area contributed by atoms with Gasteiger partial charge in [0.1, 0.15) is 5.01 Å². The fourth-order valence-corrected chi connectivity index (χ4v) is 3.55. The third kappa shape index (κ3) is 3.16. The van der Waals surface area contributed by atoms with Crippen LogP contribution in [0.5, 0.6) is 0 Å². The van der Waals surface area contributed by atoms with E-state index in [1.165, 1.54) is 21.9 Å². The fraction of sp³-hybridized carbons (Fsp3) is 0.214. The molecule has 5 nitrogen and oxygen atoms in total. The summed E-state index contributed by atoms with van der Waals surface area (Å²) in [6, 6.07) is 7.08. The van der Waals surface area contributed by atoms with Gasteiger partial charge in [-0.1, -0.05) is 45.8 Å². The van der Waals surface area contributed by atoms with Gasteiger partial charge in [0.25, 0.3) is 5.56 Å². The molecule has 0 atom stereocenters. The molecule has 0 unspecified atom stereocenters. The van der Waals surface area contributed by atoms with E-state index in [0.29, 0.717) is 22.2 Å². The van der Waals surface area contributed by atoms with Crippen molar-refractivity contribution in [1.82, 2.24) is 14.6 Å². The first-order valence-electron chi connectivity index (χ1n) is 6.64. The monoisotopic (exact) mass is 398 g/mol. The molecule has 0 saturated carbocycles. The zero-order valence-electron chi connectivity index (χ0n) is 11.6. The lowest BCUT2D eigenvalue weighted by atomic mass is 10.3. The first-order chi connectivity index (χ1) is 10.6. The number of hydrogen-bond acceptors (Lipinski definition) is 5. The van der Waals surface area contributed by atoms with Gasteiger partial charge in [-0.05, 0) is 24.6 Å². The van der Waals surface area contributed by atoms with E-state index in [1.807, 2.05) is 25.1 Å². The van der Waals surface area contributed by atoms with Gasteiger partial charge in [-0.15, -0.1) is 0 Å². The molecule has 0 aliphatic carbocycles. The van der Waals surface area contributed by atoms with Crippen LogP contribution < -0.4 is 10.9 Å². The number of aromatic nitrogens is 3. The molecule has 0 amide bonds. The number of hydrogen-bond donors (Lipinski definition) is 1. The zero-order chi connectivity index (χ0) is 15.7. The molecule has 1 aromatic carbocycles. The van der Waals surface area contributed by atoms with Gasteiger partial charge in [-0.2, -0.15) is 9.61 Å². The van der Waals surface area contributed by atoms with Crippen LogP contribution in [-0.4, -0.2) is 14.6 Å².